The van der Waals surface area contributed by atoms with Gasteiger partial charge < -0.3 is 24.8 Å². The molecule has 1 heterocycles. The molecule has 0 radical (unpaired) electrons. The van der Waals surface area contributed by atoms with Gasteiger partial charge in [0.1, 0.15) is 0 Å². The monoisotopic (exact) mass is 390 g/mol. The van der Waals surface area contributed by atoms with Gasteiger partial charge in [0, 0.05) is 5.70 Å². The van der Waals surface area contributed by atoms with E-state index in [1.807, 2.05) is 26.8 Å². The number of carbonyl (C=O) groups excluding carboxylic acids is 2. The average Bonchev–Trinajstić information content (AvgIpc) is 2.60. The van der Waals surface area contributed by atoms with Gasteiger partial charge in [-0.25, -0.2) is 9.59 Å². The predicted molar refractivity (Wildman–Crippen MR) is 106 cm³/mol. The lowest BCUT2D eigenvalue weighted by atomic mass is 9.93. The number of hydrogen-bond acceptors (Lipinski definition) is 5. The van der Waals surface area contributed by atoms with Gasteiger partial charge in [-0.15, -0.1) is 0 Å². The molecule has 1 aliphatic rings. The summed E-state index contributed by atoms with van der Waals surface area (Å²) in [6.07, 6.45) is 1.08. The molecule has 0 saturated heterocycles. The zero-order valence-electron chi connectivity index (χ0n) is 17.4. The molecule has 1 aromatic carbocycles. The van der Waals surface area contributed by atoms with Gasteiger partial charge in [-0.1, -0.05) is 19.4 Å². The first-order valence-corrected chi connectivity index (χ1v) is 9.62. The molecule has 154 valence electrons. The summed E-state index contributed by atoms with van der Waals surface area (Å²) in [7, 11) is 1.56. The van der Waals surface area contributed by atoms with E-state index in [2.05, 4.69) is 10.6 Å². The van der Waals surface area contributed by atoms with Gasteiger partial charge >= 0.3 is 12.0 Å². The topological polar surface area (TPSA) is 85.9 Å². The van der Waals surface area contributed by atoms with E-state index in [9.17, 15) is 9.59 Å². The highest BCUT2D eigenvalue weighted by atomic mass is 16.5. The molecule has 1 unspecified atom stereocenters. The summed E-state index contributed by atoms with van der Waals surface area (Å²) in [5.41, 5.74) is 1.71. The number of methoxy groups -OCH3 is 1. The Balaban J connectivity index is 2.51. The standard InChI is InChI=1S/C21H30N2O5/c1-7-8-15-18(20(24)28-13(4)5)19(23-21(25)22-15)14-9-10-16(27-12(2)3)17(11-14)26-6/h9-13,19H,7-8H2,1-6H3,(H2,22,23,25). The number of ether oxygens (including phenoxy) is 3. The van der Waals surface area contributed by atoms with Gasteiger partial charge in [0.25, 0.3) is 0 Å². The van der Waals surface area contributed by atoms with E-state index in [0.717, 1.165) is 6.42 Å². The van der Waals surface area contributed by atoms with Crippen molar-refractivity contribution >= 4 is 12.0 Å². The van der Waals surface area contributed by atoms with Crippen LogP contribution >= 0.6 is 0 Å². The van der Waals surface area contributed by atoms with E-state index < -0.39 is 12.0 Å². The Kier molecular flexibility index (Phi) is 7.31. The van der Waals surface area contributed by atoms with Crippen LogP contribution in [0.4, 0.5) is 4.79 Å². The maximum absolute atomic E-state index is 12.8. The highest BCUT2D eigenvalue weighted by Crippen LogP contribution is 2.35. The van der Waals surface area contributed by atoms with E-state index in [1.165, 1.54) is 0 Å². The highest BCUT2D eigenvalue weighted by molar-refractivity contribution is 5.95. The number of esters is 1. The van der Waals surface area contributed by atoms with Gasteiger partial charge in [0.05, 0.1) is 30.9 Å². The first-order valence-electron chi connectivity index (χ1n) is 9.62. The highest BCUT2D eigenvalue weighted by Gasteiger charge is 2.34. The van der Waals surface area contributed by atoms with E-state index in [4.69, 9.17) is 14.2 Å². The molecule has 28 heavy (non-hydrogen) atoms. The summed E-state index contributed by atoms with van der Waals surface area (Å²) in [5.74, 6) is 0.690. The number of carbonyl (C=O) groups is 2. The van der Waals surface area contributed by atoms with Gasteiger partial charge in [-0.05, 0) is 51.8 Å². The zero-order valence-corrected chi connectivity index (χ0v) is 17.4. The smallest absolute Gasteiger partial charge is 0.338 e. The zero-order chi connectivity index (χ0) is 20.8. The minimum Gasteiger partial charge on any atom is -0.493 e. The summed E-state index contributed by atoms with van der Waals surface area (Å²) >= 11 is 0. The van der Waals surface area contributed by atoms with Crippen molar-refractivity contribution in [2.45, 2.75) is 65.7 Å². The Morgan fingerprint density at radius 1 is 1.14 bits per heavy atom. The number of rotatable bonds is 8. The lowest BCUT2D eigenvalue weighted by Gasteiger charge is -2.30. The summed E-state index contributed by atoms with van der Waals surface area (Å²) in [4.78, 5) is 25.0. The molecule has 2 rings (SSSR count). The van der Waals surface area contributed by atoms with Crippen molar-refractivity contribution in [3.05, 3.63) is 35.0 Å². The molecule has 0 bridgehead atoms. The van der Waals surface area contributed by atoms with Crippen molar-refractivity contribution in [2.75, 3.05) is 7.11 Å². The Bertz CT molecular complexity index is 755. The van der Waals surface area contributed by atoms with Crippen molar-refractivity contribution in [1.82, 2.24) is 10.6 Å². The molecule has 0 fully saturated rings. The third-order valence-electron chi connectivity index (χ3n) is 4.10. The average molecular weight is 390 g/mol. The van der Waals surface area contributed by atoms with Crippen LogP contribution in [0.15, 0.2) is 29.5 Å². The molecule has 0 aliphatic carbocycles. The fraction of sp³-hybridized carbons (Fsp3) is 0.524. The van der Waals surface area contributed by atoms with Crippen LogP contribution in [0.5, 0.6) is 11.5 Å². The Hall–Kier alpha value is -2.70. The van der Waals surface area contributed by atoms with Crippen LogP contribution in [0.25, 0.3) is 0 Å². The van der Waals surface area contributed by atoms with E-state index >= 15 is 0 Å². The fourth-order valence-corrected chi connectivity index (χ4v) is 3.05. The van der Waals surface area contributed by atoms with Gasteiger partial charge in [0.2, 0.25) is 0 Å². The van der Waals surface area contributed by atoms with Gasteiger partial charge in [0.15, 0.2) is 11.5 Å². The number of allylic oxidation sites excluding steroid dienone is 1. The summed E-state index contributed by atoms with van der Waals surface area (Å²) in [6, 6.07) is 4.40. The van der Waals surface area contributed by atoms with Crippen LogP contribution in [-0.4, -0.2) is 31.3 Å². The molecule has 1 aromatic rings. The molecule has 0 spiro atoms. The first kappa shape index (κ1) is 21.6. The molecule has 1 aliphatic heterocycles. The van der Waals surface area contributed by atoms with Crippen LogP contribution in [0.3, 0.4) is 0 Å². The van der Waals surface area contributed by atoms with E-state index in [1.54, 1.807) is 33.1 Å². The number of amides is 2. The van der Waals surface area contributed by atoms with Crippen LogP contribution in [0.2, 0.25) is 0 Å². The normalized spacial score (nSPS) is 16.7. The predicted octanol–water partition coefficient (Wildman–Crippen LogP) is 3.84. The lowest BCUT2D eigenvalue weighted by Crippen LogP contribution is -2.46. The first-order chi connectivity index (χ1) is 13.3. The van der Waals surface area contributed by atoms with Crippen LogP contribution in [0, 0.1) is 0 Å². The summed E-state index contributed by atoms with van der Waals surface area (Å²) in [5, 5.41) is 5.59. The van der Waals surface area contributed by atoms with Crippen LogP contribution in [-0.2, 0) is 9.53 Å². The molecule has 7 heteroatoms. The number of nitrogens with one attached hydrogen (secondary N) is 2. The largest absolute Gasteiger partial charge is 0.493 e. The quantitative estimate of drug-likeness (QED) is 0.659. The van der Waals surface area contributed by atoms with Crippen molar-refractivity contribution in [1.29, 1.82) is 0 Å². The second-order valence-electron chi connectivity index (χ2n) is 7.20. The Labute approximate surface area is 166 Å². The minimum absolute atomic E-state index is 0.00836. The second kappa shape index (κ2) is 9.48. The summed E-state index contributed by atoms with van der Waals surface area (Å²) in [6.45, 7) is 9.44. The Morgan fingerprint density at radius 3 is 2.43 bits per heavy atom. The van der Waals surface area contributed by atoms with Crippen LogP contribution < -0.4 is 20.1 Å². The number of hydrogen-bond donors (Lipinski definition) is 2. The Morgan fingerprint density at radius 2 is 1.86 bits per heavy atom. The third kappa shape index (κ3) is 5.18. The molecule has 0 saturated carbocycles. The number of benzene rings is 1. The fourth-order valence-electron chi connectivity index (χ4n) is 3.05. The third-order valence-corrected chi connectivity index (χ3v) is 4.10. The van der Waals surface area contributed by atoms with E-state index in [-0.39, 0.29) is 18.2 Å². The van der Waals surface area contributed by atoms with Crippen molar-refractivity contribution in [3.63, 3.8) is 0 Å². The molecular weight excluding hydrogens is 360 g/mol. The molecule has 1 atom stereocenters. The van der Waals surface area contributed by atoms with E-state index in [0.29, 0.717) is 34.8 Å². The second-order valence-corrected chi connectivity index (χ2v) is 7.20. The van der Waals surface area contributed by atoms with Crippen molar-refractivity contribution in [3.8, 4) is 11.5 Å². The maximum atomic E-state index is 12.8. The van der Waals surface area contributed by atoms with Crippen molar-refractivity contribution < 1.29 is 23.8 Å². The lowest BCUT2D eigenvalue weighted by molar-refractivity contribution is -0.143. The van der Waals surface area contributed by atoms with Gasteiger partial charge in [-0.3, -0.25) is 0 Å². The molecular formula is C21H30N2O5. The van der Waals surface area contributed by atoms with Gasteiger partial charge in [-0.2, -0.15) is 0 Å². The summed E-state index contributed by atoms with van der Waals surface area (Å²) < 4.78 is 16.7. The molecule has 0 aromatic heterocycles. The molecule has 2 amide bonds. The van der Waals surface area contributed by atoms with Crippen molar-refractivity contribution in [2.24, 2.45) is 0 Å². The van der Waals surface area contributed by atoms with Crippen LogP contribution in [0.1, 0.15) is 59.1 Å². The SMILES string of the molecule is CCCC1=C(C(=O)OC(C)C)C(c2ccc(OC(C)C)c(OC)c2)NC(=O)N1. The molecule has 7 nitrogen and oxygen atoms in total. The molecule has 2 N–H and O–H groups in total. The number of urea groups is 1. The minimum atomic E-state index is -0.636. The maximum Gasteiger partial charge on any atom is 0.338 e.